The fraction of sp³-hybridized carbons (Fsp3) is 0.412. The van der Waals surface area contributed by atoms with Gasteiger partial charge in [-0.05, 0) is 24.0 Å². The summed E-state index contributed by atoms with van der Waals surface area (Å²) in [5.41, 5.74) is 1.98. The molecule has 3 rings (SSSR count). The second-order valence-corrected chi connectivity index (χ2v) is 6.21. The molecule has 22 heavy (non-hydrogen) atoms. The first-order valence-electron chi connectivity index (χ1n) is 7.60. The Morgan fingerprint density at radius 2 is 2.09 bits per heavy atom. The van der Waals surface area contributed by atoms with Gasteiger partial charge in [-0.1, -0.05) is 25.1 Å². The number of rotatable bonds is 3. The minimum Gasteiger partial charge on any atom is -0.481 e. The molecule has 1 aromatic heterocycles. The lowest BCUT2D eigenvalue weighted by Gasteiger charge is -2.34. The number of likely N-dealkylation sites (tertiary alicyclic amines) is 1. The van der Waals surface area contributed by atoms with Crippen LogP contribution in [-0.2, 0) is 16.0 Å². The molecule has 2 heterocycles. The van der Waals surface area contributed by atoms with Gasteiger partial charge < -0.3 is 15.0 Å². The van der Waals surface area contributed by atoms with Gasteiger partial charge in [0.25, 0.3) is 0 Å². The maximum absolute atomic E-state index is 12.5. The molecule has 1 amide bonds. The molecule has 5 heteroatoms. The molecule has 1 fully saturated rings. The van der Waals surface area contributed by atoms with Crippen molar-refractivity contribution in [2.75, 3.05) is 13.1 Å². The van der Waals surface area contributed by atoms with Crippen molar-refractivity contribution in [3.8, 4) is 0 Å². The third kappa shape index (κ3) is 2.84. The van der Waals surface area contributed by atoms with Gasteiger partial charge in [-0.25, -0.2) is 0 Å². The minimum atomic E-state index is -0.809. The average Bonchev–Trinajstić information content (AvgIpc) is 2.90. The van der Waals surface area contributed by atoms with Crippen molar-refractivity contribution < 1.29 is 14.7 Å². The second-order valence-electron chi connectivity index (χ2n) is 6.21. The van der Waals surface area contributed by atoms with Gasteiger partial charge in [-0.2, -0.15) is 0 Å². The monoisotopic (exact) mass is 300 g/mol. The maximum Gasteiger partial charge on any atom is 0.308 e. The summed E-state index contributed by atoms with van der Waals surface area (Å²) in [6.07, 6.45) is 2.82. The van der Waals surface area contributed by atoms with Gasteiger partial charge in [-0.3, -0.25) is 9.59 Å². The summed E-state index contributed by atoms with van der Waals surface area (Å²) in [6, 6.07) is 7.88. The minimum absolute atomic E-state index is 0.00236. The number of aromatic amines is 1. The summed E-state index contributed by atoms with van der Waals surface area (Å²) in [4.78, 5) is 28.6. The van der Waals surface area contributed by atoms with Crippen LogP contribution in [-0.4, -0.2) is 40.0 Å². The molecule has 116 valence electrons. The number of aliphatic carboxylic acids is 1. The number of aromatic nitrogens is 1. The van der Waals surface area contributed by atoms with Gasteiger partial charge in [0.05, 0.1) is 12.3 Å². The summed E-state index contributed by atoms with van der Waals surface area (Å²) in [5.74, 6) is -1.03. The standard InChI is InChI=1S/C17H20N2O3/c1-11-6-13(17(21)22)10-19(9-11)16(20)7-12-8-18-15-5-3-2-4-14(12)15/h2-5,8,11,13,18H,6-7,9-10H2,1H3,(H,21,22). The largest absolute Gasteiger partial charge is 0.481 e. The number of carbonyl (C=O) groups excluding carboxylic acids is 1. The lowest BCUT2D eigenvalue weighted by atomic mass is 9.90. The van der Waals surface area contributed by atoms with E-state index in [2.05, 4.69) is 4.98 Å². The number of carbonyl (C=O) groups is 2. The average molecular weight is 300 g/mol. The summed E-state index contributed by atoms with van der Waals surface area (Å²) >= 11 is 0. The van der Waals surface area contributed by atoms with Crippen LogP contribution in [0.3, 0.4) is 0 Å². The van der Waals surface area contributed by atoms with E-state index in [1.165, 1.54) is 0 Å². The van der Waals surface area contributed by atoms with Crippen molar-refractivity contribution in [3.05, 3.63) is 36.0 Å². The van der Waals surface area contributed by atoms with Crippen molar-refractivity contribution in [2.45, 2.75) is 19.8 Å². The van der Waals surface area contributed by atoms with E-state index in [1.807, 2.05) is 37.4 Å². The molecule has 2 unspecified atom stereocenters. The Kier molecular flexibility index (Phi) is 3.88. The van der Waals surface area contributed by atoms with E-state index in [4.69, 9.17) is 0 Å². The Morgan fingerprint density at radius 1 is 1.32 bits per heavy atom. The van der Waals surface area contributed by atoms with Gasteiger partial charge in [0.2, 0.25) is 5.91 Å². The number of fused-ring (bicyclic) bond motifs is 1. The van der Waals surface area contributed by atoms with E-state index in [0.29, 0.717) is 25.9 Å². The molecule has 1 aliphatic heterocycles. The highest BCUT2D eigenvalue weighted by molar-refractivity contribution is 5.89. The normalized spacial score (nSPS) is 22.0. The molecule has 2 N–H and O–H groups in total. The Balaban J connectivity index is 1.75. The van der Waals surface area contributed by atoms with E-state index >= 15 is 0 Å². The number of benzene rings is 1. The third-order valence-corrected chi connectivity index (χ3v) is 4.38. The summed E-state index contributed by atoms with van der Waals surface area (Å²) in [6.45, 7) is 2.97. The molecule has 0 spiro atoms. The molecule has 1 aliphatic rings. The zero-order valence-corrected chi connectivity index (χ0v) is 12.6. The van der Waals surface area contributed by atoms with Crippen LogP contribution in [0.4, 0.5) is 0 Å². The number of nitrogens with zero attached hydrogens (tertiary/aromatic N) is 1. The van der Waals surface area contributed by atoms with Crippen molar-refractivity contribution in [1.82, 2.24) is 9.88 Å². The number of hydrogen-bond acceptors (Lipinski definition) is 2. The molecule has 5 nitrogen and oxygen atoms in total. The number of nitrogens with one attached hydrogen (secondary N) is 1. The Morgan fingerprint density at radius 3 is 2.86 bits per heavy atom. The van der Waals surface area contributed by atoms with Crippen LogP contribution < -0.4 is 0 Å². The fourth-order valence-electron chi connectivity index (χ4n) is 3.29. The SMILES string of the molecule is CC1CC(C(=O)O)CN(C(=O)Cc2c[nH]c3ccccc23)C1. The zero-order valence-electron chi connectivity index (χ0n) is 12.6. The molecule has 0 aliphatic carbocycles. The highest BCUT2D eigenvalue weighted by Crippen LogP contribution is 2.24. The predicted molar refractivity (Wildman–Crippen MR) is 83.5 cm³/mol. The Bertz CT molecular complexity index is 707. The first kappa shape index (κ1) is 14.6. The zero-order chi connectivity index (χ0) is 15.7. The smallest absolute Gasteiger partial charge is 0.308 e. The van der Waals surface area contributed by atoms with Gasteiger partial charge in [0, 0.05) is 30.2 Å². The number of carboxylic acids is 1. The van der Waals surface area contributed by atoms with Crippen LogP contribution in [0.25, 0.3) is 10.9 Å². The molecule has 2 aromatic rings. The van der Waals surface area contributed by atoms with Crippen LogP contribution in [0.2, 0.25) is 0 Å². The first-order valence-corrected chi connectivity index (χ1v) is 7.60. The molecular formula is C17H20N2O3. The number of para-hydroxylation sites is 1. The van der Waals surface area contributed by atoms with E-state index < -0.39 is 11.9 Å². The van der Waals surface area contributed by atoms with Crippen molar-refractivity contribution in [3.63, 3.8) is 0 Å². The van der Waals surface area contributed by atoms with E-state index in [1.54, 1.807) is 4.90 Å². The van der Waals surface area contributed by atoms with Crippen molar-refractivity contribution >= 4 is 22.8 Å². The van der Waals surface area contributed by atoms with E-state index in [-0.39, 0.29) is 11.8 Å². The first-order chi connectivity index (χ1) is 10.5. The summed E-state index contributed by atoms with van der Waals surface area (Å²) in [7, 11) is 0. The molecular weight excluding hydrogens is 280 g/mol. The lowest BCUT2D eigenvalue weighted by molar-refractivity contribution is -0.146. The number of amides is 1. The van der Waals surface area contributed by atoms with Gasteiger partial charge >= 0.3 is 5.97 Å². The molecule has 0 saturated carbocycles. The fourth-order valence-corrected chi connectivity index (χ4v) is 3.29. The molecule has 1 aromatic carbocycles. The number of H-pyrrole nitrogens is 1. The third-order valence-electron chi connectivity index (χ3n) is 4.38. The molecule has 2 atom stereocenters. The van der Waals surface area contributed by atoms with Crippen LogP contribution in [0.5, 0.6) is 0 Å². The van der Waals surface area contributed by atoms with Crippen LogP contribution in [0.15, 0.2) is 30.5 Å². The predicted octanol–water partition coefficient (Wildman–Crippen LogP) is 2.28. The highest BCUT2D eigenvalue weighted by atomic mass is 16.4. The van der Waals surface area contributed by atoms with E-state index in [0.717, 1.165) is 16.5 Å². The van der Waals surface area contributed by atoms with E-state index in [9.17, 15) is 14.7 Å². The van der Waals surface area contributed by atoms with Crippen LogP contribution in [0, 0.1) is 11.8 Å². The van der Waals surface area contributed by atoms with Crippen molar-refractivity contribution in [1.29, 1.82) is 0 Å². The summed E-state index contributed by atoms with van der Waals surface area (Å²) in [5, 5.41) is 10.3. The van der Waals surface area contributed by atoms with Crippen LogP contribution >= 0.6 is 0 Å². The summed E-state index contributed by atoms with van der Waals surface area (Å²) < 4.78 is 0. The van der Waals surface area contributed by atoms with Gasteiger partial charge in [0.1, 0.15) is 0 Å². The lowest BCUT2D eigenvalue weighted by Crippen LogP contribution is -2.46. The number of carboxylic acid groups (broad SMARTS) is 1. The van der Waals surface area contributed by atoms with Crippen LogP contribution in [0.1, 0.15) is 18.9 Å². The topological polar surface area (TPSA) is 73.4 Å². The molecule has 1 saturated heterocycles. The molecule has 0 bridgehead atoms. The molecule has 0 radical (unpaired) electrons. The number of piperidine rings is 1. The maximum atomic E-state index is 12.5. The van der Waals surface area contributed by atoms with Crippen molar-refractivity contribution in [2.24, 2.45) is 11.8 Å². The number of hydrogen-bond donors (Lipinski definition) is 2. The quantitative estimate of drug-likeness (QED) is 0.913. The van der Waals surface area contributed by atoms with Gasteiger partial charge in [-0.15, -0.1) is 0 Å². The Hall–Kier alpha value is -2.30. The highest BCUT2D eigenvalue weighted by Gasteiger charge is 2.31. The van der Waals surface area contributed by atoms with Gasteiger partial charge in [0.15, 0.2) is 0 Å². The Labute approximate surface area is 128 Å². The second kappa shape index (κ2) is 5.83.